The van der Waals surface area contributed by atoms with E-state index >= 15 is 0 Å². The summed E-state index contributed by atoms with van der Waals surface area (Å²) in [6.45, 7) is 3.25. The van der Waals surface area contributed by atoms with Gasteiger partial charge in [-0.15, -0.1) is 0 Å². The molecule has 0 aliphatic rings. The van der Waals surface area contributed by atoms with Crippen molar-refractivity contribution in [3.05, 3.63) is 107 Å². The van der Waals surface area contributed by atoms with Crippen molar-refractivity contribution in [3.8, 4) is 34.5 Å². The van der Waals surface area contributed by atoms with Gasteiger partial charge in [0.15, 0.2) is 0 Å². The van der Waals surface area contributed by atoms with Gasteiger partial charge in [-0.05, 0) is 47.5 Å². The number of rotatable bonds is 12. The Morgan fingerprint density at radius 2 is 0.930 bits per heavy atom. The zero-order valence-corrected chi connectivity index (χ0v) is 23.5. The number of para-hydroxylation sites is 2. The second kappa shape index (κ2) is 12.6. The molecule has 0 aromatic heterocycles. The van der Waals surface area contributed by atoms with Gasteiger partial charge in [0.25, 0.3) is 0 Å². The highest BCUT2D eigenvalue weighted by atomic mass is 16.5. The lowest BCUT2D eigenvalue weighted by molar-refractivity contribution is -0.140. The summed E-state index contributed by atoms with van der Waals surface area (Å²) in [6, 6.07) is 21.4. The smallest absolute Gasteiger partial charge is 0.314 e. The van der Waals surface area contributed by atoms with E-state index in [1.807, 2.05) is 38.1 Å². The summed E-state index contributed by atoms with van der Waals surface area (Å²) in [5, 5.41) is 59.1. The molecule has 2 atom stereocenters. The Labute approximate surface area is 247 Å². The number of phenolic OH excluding ortho intramolecular Hbond substituents is 4. The summed E-state index contributed by atoms with van der Waals surface area (Å²) in [6.07, 6.45) is 0. The molecular formula is C33H32O10. The van der Waals surface area contributed by atoms with Crippen molar-refractivity contribution in [3.63, 3.8) is 0 Å². The molecule has 2 unspecified atom stereocenters. The van der Waals surface area contributed by atoms with E-state index in [1.54, 1.807) is 24.3 Å². The lowest BCUT2D eigenvalue weighted by atomic mass is 9.77. The number of hydrogen-bond acceptors (Lipinski definition) is 8. The van der Waals surface area contributed by atoms with Gasteiger partial charge in [0, 0.05) is 28.7 Å². The van der Waals surface area contributed by atoms with Crippen molar-refractivity contribution in [1.82, 2.24) is 0 Å². The van der Waals surface area contributed by atoms with Gasteiger partial charge in [-0.2, -0.15) is 0 Å². The van der Waals surface area contributed by atoms with Crippen LogP contribution in [-0.4, -0.2) is 55.8 Å². The van der Waals surface area contributed by atoms with Gasteiger partial charge in [0.05, 0.1) is 0 Å². The molecule has 0 saturated carbocycles. The largest absolute Gasteiger partial charge is 0.508 e. The van der Waals surface area contributed by atoms with E-state index in [9.17, 15) is 40.2 Å². The molecule has 4 aromatic carbocycles. The number of carboxylic acids is 2. The summed E-state index contributed by atoms with van der Waals surface area (Å²) < 4.78 is 12.1. The zero-order valence-electron chi connectivity index (χ0n) is 23.5. The lowest BCUT2D eigenvalue weighted by Gasteiger charge is -2.30. The van der Waals surface area contributed by atoms with E-state index in [0.29, 0.717) is 22.6 Å². The van der Waals surface area contributed by atoms with Crippen LogP contribution in [-0.2, 0) is 15.0 Å². The van der Waals surface area contributed by atoms with Crippen molar-refractivity contribution in [1.29, 1.82) is 0 Å². The summed E-state index contributed by atoms with van der Waals surface area (Å²) in [7, 11) is 0. The minimum absolute atomic E-state index is 0.175. The van der Waals surface area contributed by atoms with Crippen molar-refractivity contribution in [2.24, 2.45) is 0 Å². The number of ether oxygens (including phenoxy) is 2. The maximum atomic E-state index is 12.1. The highest BCUT2D eigenvalue weighted by Crippen LogP contribution is 2.42. The minimum atomic E-state index is -1.20. The van der Waals surface area contributed by atoms with Crippen LogP contribution in [0.2, 0.25) is 0 Å². The molecule has 0 radical (unpaired) electrons. The molecule has 43 heavy (non-hydrogen) atoms. The highest BCUT2D eigenvalue weighted by molar-refractivity contribution is 5.77. The van der Waals surface area contributed by atoms with Gasteiger partial charge in [0.1, 0.15) is 59.5 Å². The van der Waals surface area contributed by atoms with E-state index in [2.05, 4.69) is 0 Å². The Kier molecular flexibility index (Phi) is 8.99. The molecule has 6 N–H and O–H groups in total. The minimum Gasteiger partial charge on any atom is -0.508 e. The van der Waals surface area contributed by atoms with Gasteiger partial charge in [-0.3, -0.25) is 9.59 Å². The average Bonchev–Trinajstić information content (AvgIpc) is 2.92. The van der Waals surface area contributed by atoms with Crippen LogP contribution in [0.4, 0.5) is 0 Å². The maximum absolute atomic E-state index is 12.1. The molecule has 4 rings (SSSR count). The third-order valence-electron chi connectivity index (χ3n) is 7.18. The molecule has 0 amide bonds. The maximum Gasteiger partial charge on any atom is 0.314 e. The van der Waals surface area contributed by atoms with Crippen LogP contribution in [0.3, 0.4) is 0 Å². The SMILES string of the molecule is CC(C)(c1ccccc1OCC(C(=O)O)c1cc(O)cc(O)c1)c1ccccc1OCC(C(=O)O)c1cc(O)cc(O)c1. The first-order valence-corrected chi connectivity index (χ1v) is 13.3. The van der Waals surface area contributed by atoms with Crippen LogP contribution in [0, 0.1) is 0 Å². The van der Waals surface area contributed by atoms with Crippen molar-refractivity contribution in [2.45, 2.75) is 31.1 Å². The Bertz CT molecular complexity index is 1470. The molecule has 0 heterocycles. The standard InChI is InChI=1S/C33H32O10/c1-33(2,27-7-3-5-9-29(27)42-17-25(31(38)39)19-11-21(34)15-22(35)12-19)28-8-4-6-10-30(28)43-18-26(32(40)41)20-13-23(36)16-24(37)14-20/h3-16,25-26,34-37H,17-18H2,1-2H3,(H,38,39)(H,40,41). The molecule has 0 bridgehead atoms. The first-order valence-electron chi connectivity index (χ1n) is 13.3. The number of carbonyl (C=O) groups is 2. The molecule has 0 aliphatic carbocycles. The quantitative estimate of drug-likeness (QED) is 0.127. The number of phenols is 4. The summed E-state index contributed by atoms with van der Waals surface area (Å²) in [5.74, 6) is -5.06. The molecule has 4 aromatic rings. The van der Waals surface area contributed by atoms with Gasteiger partial charge in [-0.1, -0.05) is 50.2 Å². The monoisotopic (exact) mass is 588 g/mol. The molecule has 224 valence electrons. The normalized spacial score (nSPS) is 12.7. The number of aliphatic carboxylic acids is 2. The Hall–Kier alpha value is -5.38. The predicted octanol–water partition coefficient (Wildman–Crippen LogP) is 5.33. The second-order valence-electron chi connectivity index (χ2n) is 10.6. The summed E-state index contributed by atoms with van der Waals surface area (Å²) in [5.41, 5.74) is 0.960. The first-order chi connectivity index (χ1) is 20.4. The average molecular weight is 589 g/mol. The third-order valence-corrected chi connectivity index (χ3v) is 7.18. The summed E-state index contributed by atoms with van der Waals surface area (Å²) >= 11 is 0. The molecule has 0 saturated heterocycles. The van der Waals surface area contributed by atoms with Crippen LogP contribution >= 0.6 is 0 Å². The van der Waals surface area contributed by atoms with Crippen LogP contribution in [0.5, 0.6) is 34.5 Å². The van der Waals surface area contributed by atoms with Gasteiger partial charge >= 0.3 is 11.9 Å². The van der Waals surface area contributed by atoms with Crippen LogP contribution in [0.15, 0.2) is 84.9 Å². The molecule has 0 aliphatic heterocycles. The van der Waals surface area contributed by atoms with Gasteiger partial charge in [-0.25, -0.2) is 0 Å². The molecule has 0 spiro atoms. The number of carboxylic acid groups (broad SMARTS) is 2. The first kappa shape index (κ1) is 30.6. The highest BCUT2D eigenvalue weighted by Gasteiger charge is 2.31. The van der Waals surface area contributed by atoms with Crippen LogP contribution in [0.25, 0.3) is 0 Å². The van der Waals surface area contributed by atoms with Crippen molar-refractivity contribution in [2.75, 3.05) is 13.2 Å². The van der Waals surface area contributed by atoms with Crippen LogP contribution < -0.4 is 9.47 Å². The number of hydrogen-bond donors (Lipinski definition) is 6. The van der Waals surface area contributed by atoms with Gasteiger partial charge in [0.2, 0.25) is 0 Å². The third kappa shape index (κ3) is 7.10. The molecule has 10 heteroatoms. The number of benzene rings is 4. The fourth-order valence-electron chi connectivity index (χ4n) is 4.97. The van der Waals surface area contributed by atoms with Gasteiger partial charge < -0.3 is 40.1 Å². The Balaban J connectivity index is 1.61. The Morgan fingerprint density at radius 1 is 0.605 bits per heavy atom. The van der Waals surface area contributed by atoms with E-state index in [1.165, 1.54) is 24.3 Å². The molecule has 10 nitrogen and oxygen atoms in total. The number of aromatic hydroxyl groups is 4. The topological polar surface area (TPSA) is 174 Å². The Morgan fingerprint density at radius 3 is 1.26 bits per heavy atom. The second-order valence-corrected chi connectivity index (χ2v) is 10.6. The molecule has 0 fully saturated rings. The lowest BCUT2D eigenvalue weighted by Crippen LogP contribution is -2.25. The van der Waals surface area contributed by atoms with Crippen molar-refractivity contribution < 1.29 is 49.7 Å². The van der Waals surface area contributed by atoms with Crippen molar-refractivity contribution >= 4 is 11.9 Å². The zero-order chi connectivity index (χ0) is 31.3. The fourth-order valence-corrected chi connectivity index (χ4v) is 4.97. The van der Waals surface area contributed by atoms with E-state index in [-0.39, 0.29) is 47.3 Å². The van der Waals surface area contributed by atoms with E-state index in [0.717, 1.165) is 12.1 Å². The van der Waals surface area contributed by atoms with E-state index in [4.69, 9.17) is 9.47 Å². The fraction of sp³-hybridized carbons (Fsp3) is 0.212. The van der Waals surface area contributed by atoms with E-state index < -0.39 is 29.2 Å². The van der Waals surface area contributed by atoms with Crippen LogP contribution in [0.1, 0.15) is 47.9 Å². The molecular weight excluding hydrogens is 556 g/mol. The summed E-state index contributed by atoms with van der Waals surface area (Å²) in [4.78, 5) is 24.2. The predicted molar refractivity (Wildman–Crippen MR) is 156 cm³/mol.